The summed E-state index contributed by atoms with van der Waals surface area (Å²) in [7, 11) is 0. The second-order valence-electron chi connectivity index (χ2n) is 6.75. The molecule has 1 aliphatic carbocycles. The van der Waals surface area contributed by atoms with Gasteiger partial charge in [0.05, 0.1) is 6.61 Å². The molecule has 0 spiro atoms. The van der Waals surface area contributed by atoms with E-state index in [2.05, 4.69) is 6.58 Å². The largest absolute Gasteiger partial charge is 0.493 e. The molecular formula is C19H23F2NO2. The van der Waals surface area contributed by atoms with Crippen LogP contribution < -0.4 is 4.74 Å². The molecule has 0 atom stereocenters. The minimum absolute atomic E-state index is 0.0379. The first-order valence-corrected chi connectivity index (χ1v) is 8.50. The zero-order chi connectivity index (χ0) is 17.2. The molecule has 3 nitrogen and oxygen atoms in total. The average molecular weight is 335 g/mol. The van der Waals surface area contributed by atoms with Gasteiger partial charge in [0, 0.05) is 25.9 Å². The third-order valence-electron chi connectivity index (χ3n) is 5.00. The lowest BCUT2D eigenvalue weighted by atomic mass is 9.87. The molecule has 1 aliphatic heterocycles. The number of amides is 1. The van der Waals surface area contributed by atoms with Gasteiger partial charge in [-0.05, 0) is 54.5 Å². The summed E-state index contributed by atoms with van der Waals surface area (Å²) in [5.41, 5.74) is 2.32. The molecular weight excluding hydrogens is 312 g/mol. The van der Waals surface area contributed by atoms with Crippen molar-refractivity contribution in [1.29, 1.82) is 0 Å². The molecule has 0 aromatic heterocycles. The van der Waals surface area contributed by atoms with Crippen molar-refractivity contribution >= 4 is 5.91 Å². The van der Waals surface area contributed by atoms with Crippen LogP contribution >= 0.6 is 0 Å². The number of nitrogens with zero attached hydrogens (tertiary/aromatic N) is 1. The fourth-order valence-corrected chi connectivity index (χ4v) is 3.42. The molecule has 3 rings (SSSR count). The molecule has 2 aliphatic rings. The fraction of sp³-hybridized carbons (Fsp3) is 0.526. The summed E-state index contributed by atoms with van der Waals surface area (Å²) in [6.07, 6.45) is 3.11. The van der Waals surface area contributed by atoms with Crippen LogP contribution in [0, 0.1) is 5.92 Å². The Morgan fingerprint density at radius 1 is 1.33 bits per heavy atom. The van der Waals surface area contributed by atoms with E-state index in [9.17, 15) is 13.6 Å². The highest BCUT2D eigenvalue weighted by Crippen LogP contribution is 2.36. The molecule has 1 aromatic carbocycles. The first-order chi connectivity index (χ1) is 11.5. The Bertz CT molecular complexity index is 620. The van der Waals surface area contributed by atoms with Crippen molar-refractivity contribution in [2.75, 3.05) is 13.2 Å². The number of ether oxygens (including phenoxy) is 1. The van der Waals surface area contributed by atoms with Gasteiger partial charge in [-0.15, -0.1) is 0 Å². The van der Waals surface area contributed by atoms with Crippen molar-refractivity contribution < 1.29 is 18.3 Å². The van der Waals surface area contributed by atoms with Crippen molar-refractivity contribution in [2.24, 2.45) is 5.92 Å². The molecule has 130 valence electrons. The SMILES string of the molecule is C=CC(=O)N1CCc2ccc(OCC3CCC(F)(F)CC3)cc2C1. The number of hydrogen-bond acceptors (Lipinski definition) is 2. The Balaban J connectivity index is 1.58. The standard InChI is InChI=1S/C19H23F2NO2/c1-2-18(23)22-10-7-15-3-4-17(11-16(15)12-22)24-13-14-5-8-19(20,21)9-6-14/h2-4,11,14H,1,5-10,12-13H2. The van der Waals surface area contributed by atoms with Gasteiger partial charge in [-0.3, -0.25) is 4.79 Å². The summed E-state index contributed by atoms with van der Waals surface area (Å²) >= 11 is 0. The molecule has 1 heterocycles. The molecule has 1 saturated carbocycles. The monoisotopic (exact) mass is 335 g/mol. The van der Waals surface area contributed by atoms with Crippen LogP contribution in [0.1, 0.15) is 36.8 Å². The quantitative estimate of drug-likeness (QED) is 0.780. The molecule has 5 heteroatoms. The lowest BCUT2D eigenvalue weighted by Crippen LogP contribution is -2.34. The van der Waals surface area contributed by atoms with Gasteiger partial charge in [0.1, 0.15) is 5.75 Å². The maximum Gasteiger partial charge on any atom is 0.248 e. The van der Waals surface area contributed by atoms with Crippen molar-refractivity contribution in [1.82, 2.24) is 4.90 Å². The number of hydrogen-bond donors (Lipinski definition) is 0. The van der Waals surface area contributed by atoms with E-state index in [1.54, 1.807) is 4.90 Å². The molecule has 0 N–H and O–H groups in total. The van der Waals surface area contributed by atoms with E-state index in [-0.39, 0.29) is 24.7 Å². The summed E-state index contributed by atoms with van der Waals surface area (Å²) in [5.74, 6) is -1.61. The van der Waals surface area contributed by atoms with Crippen LogP contribution in [0.5, 0.6) is 5.75 Å². The van der Waals surface area contributed by atoms with Crippen molar-refractivity contribution in [2.45, 2.75) is 44.6 Å². The second kappa shape index (κ2) is 6.91. The second-order valence-corrected chi connectivity index (χ2v) is 6.75. The third-order valence-corrected chi connectivity index (χ3v) is 5.00. The lowest BCUT2D eigenvalue weighted by Gasteiger charge is -2.29. The highest BCUT2D eigenvalue weighted by Gasteiger charge is 2.35. The van der Waals surface area contributed by atoms with Gasteiger partial charge in [0.2, 0.25) is 11.8 Å². The van der Waals surface area contributed by atoms with Gasteiger partial charge in [0.15, 0.2) is 0 Å². The molecule has 1 fully saturated rings. The summed E-state index contributed by atoms with van der Waals surface area (Å²) in [6.45, 7) is 5.27. The van der Waals surface area contributed by atoms with Gasteiger partial charge < -0.3 is 9.64 Å². The highest BCUT2D eigenvalue weighted by molar-refractivity contribution is 5.87. The Hall–Kier alpha value is -1.91. The molecule has 0 saturated heterocycles. The smallest absolute Gasteiger partial charge is 0.248 e. The topological polar surface area (TPSA) is 29.5 Å². The molecule has 0 radical (unpaired) electrons. The van der Waals surface area contributed by atoms with E-state index in [1.807, 2.05) is 18.2 Å². The number of carbonyl (C=O) groups excluding carboxylic acids is 1. The van der Waals surface area contributed by atoms with Crippen molar-refractivity contribution in [3.8, 4) is 5.75 Å². The molecule has 1 aromatic rings. The van der Waals surface area contributed by atoms with Gasteiger partial charge in [-0.1, -0.05) is 12.6 Å². The first-order valence-electron chi connectivity index (χ1n) is 8.50. The van der Waals surface area contributed by atoms with Crippen LogP contribution in [0.2, 0.25) is 0 Å². The number of rotatable bonds is 4. The third kappa shape index (κ3) is 3.94. The minimum atomic E-state index is -2.50. The number of halogens is 2. The molecule has 24 heavy (non-hydrogen) atoms. The number of fused-ring (bicyclic) bond motifs is 1. The zero-order valence-electron chi connectivity index (χ0n) is 13.8. The summed E-state index contributed by atoms with van der Waals surface area (Å²) < 4.78 is 32.2. The Morgan fingerprint density at radius 2 is 2.08 bits per heavy atom. The fourth-order valence-electron chi connectivity index (χ4n) is 3.42. The van der Waals surface area contributed by atoms with Crippen LogP contribution in [0.3, 0.4) is 0 Å². The van der Waals surface area contributed by atoms with Gasteiger partial charge in [-0.25, -0.2) is 8.78 Å². The predicted octanol–water partition coefficient (Wildman–Crippen LogP) is 3.96. The minimum Gasteiger partial charge on any atom is -0.493 e. The Labute approximate surface area is 141 Å². The summed E-state index contributed by atoms with van der Waals surface area (Å²) in [5, 5.41) is 0. The number of carbonyl (C=O) groups is 1. The van der Waals surface area contributed by atoms with Gasteiger partial charge in [0.25, 0.3) is 0 Å². The van der Waals surface area contributed by atoms with E-state index in [0.717, 1.165) is 17.7 Å². The van der Waals surface area contributed by atoms with E-state index >= 15 is 0 Å². The maximum absolute atomic E-state index is 13.2. The molecule has 0 bridgehead atoms. The number of alkyl halides is 2. The van der Waals surface area contributed by atoms with E-state index in [1.165, 1.54) is 11.6 Å². The normalized spacial score (nSPS) is 20.3. The van der Waals surface area contributed by atoms with Gasteiger partial charge in [-0.2, -0.15) is 0 Å². The average Bonchev–Trinajstić information content (AvgIpc) is 2.59. The summed E-state index contributed by atoms with van der Waals surface area (Å²) in [4.78, 5) is 13.5. The van der Waals surface area contributed by atoms with Crippen LogP contribution in [-0.4, -0.2) is 29.9 Å². The van der Waals surface area contributed by atoms with Crippen molar-refractivity contribution in [3.63, 3.8) is 0 Å². The zero-order valence-corrected chi connectivity index (χ0v) is 13.8. The lowest BCUT2D eigenvalue weighted by molar-refractivity contribution is -0.126. The summed E-state index contributed by atoms with van der Waals surface area (Å²) in [6, 6.07) is 5.94. The Morgan fingerprint density at radius 3 is 2.79 bits per heavy atom. The molecule has 1 amide bonds. The highest BCUT2D eigenvalue weighted by atomic mass is 19.3. The van der Waals surface area contributed by atoms with Crippen LogP contribution in [-0.2, 0) is 17.8 Å². The van der Waals surface area contributed by atoms with Crippen molar-refractivity contribution in [3.05, 3.63) is 42.0 Å². The van der Waals surface area contributed by atoms with Crippen LogP contribution in [0.4, 0.5) is 8.78 Å². The van der Waals surface area contributed by atoms with Crippen LogP contribution in [0.15, 0.2) is 30.9 Å². The predicted molar refractivity (Wildman–Crippen MR) is 88.2 cm³/mol. The first kappa shape index (κ1) is 16.9. The maximum atomic E-state index is 13.2. The van der Waals surface area contributed by atoms with Crippen LogP contribution in [0.25, 0.3) is 0 Å². The van der Waals surface area contributed by atoms with E-state index < -0.39 is 5.92 Å². The van der Waals surface area contributed by atoms with E-state index in [4.69, 9.17) is 4.74 Å². The Kier molecular flexibility index (Phi) is 4.88. The van der Waals surface area contributed by atoms with Gasteiger partial charge >= 0.3 is 0 Å². The molecule has 0 unspecified atom stereocenters. The van der Waals surface area contributed by atoms with E-state index in [0.29, 0.717) is 32.5 Å². The number of benzene rings is 1.